The van der Waals surface area contributed by atoms with Gasteiger partial charge in [0.15, 0.2) is 0 Å². The number of nitrogens with zero attached hydrogens (tertiary/aromatic N) is 1. The van der Waals surface area contributed by atoms with Crippen molar-refractivity contribution in [3.63, 3.8) is 0 Å². The Morgan fingerprint density at radius 1 is 0.808 bits per heavy atom. The van der Waals surface area contributed by atoms with Gasteiger partial charge in [0, 0.05) is 13.1 Å². The first kappa shape index (κ1) is 24.7. The van der Waals surface area contributed by atoms with Crippen LogP contribution in [0, 0.1) is 0 Å². The maximum atomic E-state index is 11.7. The lowest BCUT2D eigenvalue weighted by molar-refractivity contribution is -0.147. The molecule has 26 heavy (non-hydrogen) atoms. The highest BCUT2D eigenvalue weighted by molar-refractivity contribution is 5.90. The van der Waals surface area contributed by atoms with Gasteiger partial charge in [0.2, 0.25) is 5.91 Å². The van der Waals surface area contributed by atoms with Crippen LogP contribution in [-0.4, -0.2) is 37.0 Å². The van der Waals surface area contributed by atoms with Gasteiger partial charge in [0.1, 0.15) is 6.54 Å². The van der Waals surface area contributed by atoms with Crippen LogP contribution >= 0.6 is 0 Å². The minimum Gasteiger partial charge on any atom is -0.464 e. The van der Waals surface area contributed by atoms with Crippen molar-refractivity contribution in [2.75, 3.05) is 20.2 Å². The SMILES string of the molecule is CCCCCCCCCCCCCCOC(=O)CN(C)C(=O)C=C(C)C. The summed E-state index contributed by atoms with van der Waals surface area (Å²) in [7, 11) is 1.62. The average Bonchev–Trinajstić information content (AvgIpc) is 2.58. The van der Waals surface area contributed by atoms with Gasteiger partial charge in [-0.1, -0.05) is 83.1 Å². The first-order chi connectivity index (χ1) is 12.5. The minimum atomic E-state index is -0.328. The van der Waals surface area contributed by atoms with Gasteiger partial charge >= 0.3 is 5.97 Å². The lowest BCUT2D eigenvalue weighted by Crippen LogP contribution is -2.32. The van der Waals surface area contributed by atoms with Crippen LogP contribution in [0.1, 0.15) is 97.8 Å². The van der Waals surface area contributed by atoms with E-state index >= 15 is 0 Å². The summed E-state index contributed by atoms with van der Waals surface area (Å²) >= 11 is 0. The van der Waals surface area contributed by atoms with Gasteiger partial charge in [-0.2, -0.15) is 0 Å². The second-order valence-corrected chi connectivity index (χ2v) is 7.53. The van der Waals surface area contributed by atoms with Crippen LogP contribution in [0.5, 0.6) is 0 Å². The number of amides is 1. The van der Waals surface area contributed by atoms with Gasteiger partial charge in [-0.15, -0.1) is 0 Å². The molecule has 0 spiro atoms. The number of rotatable bonds is 16. The Kier molecular flexibility index (Phi) is 16.2. The predicted octanol–water partition coefficient (Wildman–Crippen LogP) is 5.66. The molecule has 0 aromatic rings. The number of allylic oxidation sites excluding steroid dienone is 1. The van der Waals surface area contributed by atoms with Gasteiger partial charge in [0.05, 0.1) is 6.61 Å². The predicted molar refractivity (Wildman–Crippen MR) is 109 cm³/mol. The van der Waals surface area contributed by atoms with E-state index in [9.17, 15) is 9.59 Å². The molecule has 0 N–H and O–H groups in total. The van der Waals surface area contributed by atoms with E-state index in [1.165, 1.54) is 75.2 Å². The summed E-state index contributed by atoms with van der Waals surface area (Å²) < 4.78 is 5.21. The normalized spacial score (nSPS) is 10.5. The van der Waals surface area contributed by atoms with E-state index in [1.807, 2.05) is 13.8 Å². The van der Waals surface area contributed by atoms with Crippen molar-refractivity contribution in [1.82, 2.24) is 4.90 Å². The molecule has 0 aliphatic carbocycles. The molecule has 0 aliphatic rings. The fourth-order valence-corrected chi connectivity index (χ4v) is 2.80. The molecular weight excluding hydrogens is 326 g/mol. The molecule has 0 atom stereocenters. The number of unbranched alkanes of at least 4 members (excludes halogenated alkanes) is 11. The van der Waals surface area contributed by atoms with Gasteiger partial charge < -0.3 is 9.64 Å². The van der Waals surface area contributed by atoms with Crippen molar-refractivity contribution >= 4 is 11.9 Å². The van der Waals surface area contributed by atoms with Crippen molar-refractivity contribution in [3.8, 4) is 0 Å². The number of ether oxygens (including phenoxy) is 1. The molecule has 1 amide bonds. The molecule has 0 aromatic carbocycles. The van der Waals surface area contributed by atoms with Crippen LogP contribution < -0.4 is 0 Å². The third kappa shape index (κ3) is 16.2. The third-order valence-corrected chi connectivity index (χ3v) is 4.42. The molecule has 0 unspecified atom stereocenters. The Balaban J connectivity index is 3.43. The van der Waals surface area contributed by atoms with Crippen molar-refractivity contribution in [2.24, 2.45) is 0 Å². The molecule has 0 aromatic heterocycles. The first-order valence-corrected chi connectivity index (χ1v) is 10.5. The lowest BCUT2D eigenvalue weighted by Gasteiger charge is -2.14. The smallest absolute Gasteiger partial charge is 0.325 e. The monoisotopic (exact) mass is 367 g/mol. The van der Waals surface area contributed by atoms with E-state index in [-0.39, 0.29) is 18.4 Å². The van der Waals surface area contributed by atoms with Crippen LogP contribution in [0.4, 0.5) is 0 Å². The summed E-state index contributed by atoms with van der Waals surface area (Å²) in [5.41, 5.74) is 0.923. The van der Waals surface area contributed by atoms with Crippen molar-refractivity contribution < 1.29 is 14.3 Å². The summed E-state index contributed by atoms with van der Waals surface area (Å²) in [5, 5.41) is 0. The molecule has 4 heteroatoms. The maximum Gasteiger partial charge on any atom is 0.325 e. The summed E-state index contributed by atoms with van der Waals surface area (Å²) in [4.78, 5) is 24.8. The Bertz CT molecular complexity index is 400. The molecule has 0 saturated heterocycles. The van der Waals surface area contributed by atoms with Gasteiger partial charge in [-0.25, -0.2) is 0 Å². The quantitative estimate of drug-likeness (QED) is 0.201. The molecule has 4 nitrogen and oxygen atoms in total. The molecule has 152 valence electrons. The maximum absolute atomic E-state index is 11.7. The van der Waals surface area contributed by atoms with Crippen molar-refractivity contribution in [2.45, 2.75) is 97.8 Å². The fraction of sp³-hybridized carbons (Fsp3) is 0.818. The molecule has 0 saturated carbocycles. The molecule has 0 fully saturated rings. The lowest BCUT2D eigenvalue weighted by atomic mass is 10.1. The molecule has 0 aliphatic heterocycles. The zero-order chi connectivity index (χ0) is 19.6. The minimum absolute atomic E-state index is 0.0148. The zero-order valence-electron chi connectivity index (χ0n) is 17.6. The van der Waals surface area contributed by atoms with E-state index in [0.29, 0.717) is 6.61 Å². The summed E-state index contributed by atoms with van der Waals surface area (Å²) in [6, 6.07) is 0. The number of hydrogen-bond donors (Lipinski definition) is 0. The van der Waals surface area contributed by atoms with Crippen LogP contribution in [0.15, 0.2) is 11.6 Å². The van der Waals surface area contributed by atoms with Crippen LogP contribution in [0.25, 0.3) is 0 Å². The highest BCUT2D eigenvalue weighted by Crippen LogP contribution is 2.11. The van der Waals surface area contributed by atoms with Crippen molar-refractivity contribution in [1.29, 1.82) is 0 Å². The van der Waals surface area contributed by atoms with E-state index in [0.717, 1.165) is 18.4 Å². The van der Waals surface area contributed by atoms with Gasteiger partial charge in [-0.3, -0.25) is 9.59 Å². The number of esters is 1. The number of likely N-dealkylation sites (N-methyl/N-ethyl adjacent to an activating group) is 1. The summed E-state index contributed by atoms with van der Waals surface area (Å²) in [5.74, 6) is -0.488. The Hall–Kier alpha value is -1.32. The summed E-state index contributed by atoms with van der Waals surface area (Å²) in [6.45, 7) is 6.45. The average molecular weight is 368 g/mol. The second-order valence-electron chi connectivity index (χ2n) is 7.53. The summed E-state index contributed by atoms with van der Waals surface area (Å²) in [6.07, 6.45) is 17.0. The van der Waals surface area contributed by atoms with Crippen LogP contribution in [0.3, 0.4) is 0 Å². The Morgan fingerprint density at radius 2 is 1.27 bits per heavy atom. The second kappa shape index (κ2) is 17.1. The highest BCUT2D eigenvalue weighted by atomic mass is 16.5. The Labute approximate surface area is 161 Å². The molecule has 0 heterocycles. The van der Waals surface area contributed by atoms with Crippen LogP contribution in [-0.2, 0) is 14.3 Å². The topological polar surface area (TPSA) is 46.6 Å². The van der Waals surface area contributed by atoms with Crippen molar-refractivity contribution in [3.05, 3.63) is 11.6 Å². The number of hydrogen-bond acceptors (Lipinski definition) is 3. The Morgan fingerprint density at radius 3 is 1.73 bits per heavy atom. The molecule has 0 radical (unpaired) electrons. The molecule has 0 rings (SSSR count). The van der Waals surface area contributed by atoms with E-state index in [1.54, 1.807) is 7.05 Å². The third-order valence-electron chi connectivity index (χ3n) is 4.42. The van der Waals surface area contributed by atoms with E-state index in [2.05, 4.69) is 6.92 Å². The van der Waals surface area contributed by atoms with Crippen LogP contribution in [0.2, 0.25) is 0 Å². The molecule has 0 bridgehead atoms. The largest absolute Gasteiger partial charge is 0.464 e. The number of carbonyl (C=O) groups is 2. The molecular formula is C22H41NO3. The first-order valence-electron chi connectivity index (χ1n) is 10.5. The van der Waals surface area contributed by atoms with E-state index < -0.39 is 0 Å². The fourth-order valence-electron chi connectivity index (χ4n) is 2.80. The zero-order valence-corrected chi connectivity index (χ0v) is 17.6. The highest BCUT2D eigenvalue weighted by Gasteiger charge is 2.11. The van der Waals surface area contributed by atoms with E-state index in [4.69, 9.17) is 4.74 Å². The van der Waals surface area contributed by atoms with Gasteiger partial charge in [0.25, 0.3) is 0 Å². The standard InChI is InChI=1S/C22H41NO3/c1-5-6-7-8-9-10-11-12-13-14-15-16-17-26-22(25)19-23(4)21(24)18-20(2)3/h18H,5-17,19H2,1-4H3. The van der Waals surface area contributed by atoms with Gasteiger partial charge in [-0.05, 0) is 20.3 Å². The number of carbonyl (C=O) groups excluding carboxylic acids is 2.